The topological polar surface area (TPSA) is 73.2 Å². The lowest BCUT2D eigenvalue weighted by atomic mass is 10.1. The van der Waals surface area contributed by atoms with Gasteiger partial charge >= 0.3 is 6.09 Å². The number of hydrogen-bond donors (Lipinski definition) is 1. The lowest BCUT2D eigenvalue weighted by Gasteiger charge is -2.20. The quantitative estimate of drug-likeness (QED) is 0.882. The highest BCUT2D eigenvalue weighted by atomic mass is 16.6. The first kappa shape index (κ1) is 15.8. The van der Waals surface area contributed by atoms with Crippen LogP contribution in [-0.4, -0.2) is 27.3 Å². The van der Waals surface area contributed by atoms with E-state index in [-0.39, 0.29) is 5.78 Å². The Bertz CT molecular complexity index is 685. The van der Waals surface area contributed by atoms with Crippen LogP contribution in [0.3, 0.4) is 0 Å². The van der Waals surface area contributed by atoms with Crippen LogP contribution in [-0.2, 0) is 4.74 Å². The molecule has 0 bridgehead atoms. The van der Waals surface area contributed by atoms with Crippen molar-refractivity contribution in [3.63, 3.8) is 0 Å². The molecule has 2 rings (SSSR count). The van der Waals surface area contributed by atoms with Crippen LogP contribution < -0.4 is 5.32 Å². The number of ether oxygens (including phenoxy) is 1. The molecule has 1 N–H and O–H groups in total. The predicted octanol–water partition coefficient (Wildman–Crippen LogP) is 3.42. The highest BCUT2D eigenvalue weighted by molar-refractivity contribution is 5.99. The molecule has 2 aromatic rings. The molecular formula is C16H19N3O3. The fourth-order valence-corrected chi connectivity index (χ4v) is 1.93. The van der Waals surface area contributed by atoms with Crippen molar-refractivity contribution in [1.29, 1.82) is 0 Å². The summed E-state index contributed by atoms with van der Waals surface area (Å²) in [6.45, 7) is 6.83. The Kier molecular flexibility index (Phi) is 4.30. The van der Waals surface area contributed by atoms with Crippen LogP contribution in [0.1, 0.15) is 38.1 Å². The first-order valence-corrected chi connectivity index (χ1v) is 6.91. The summed E-state index contributed by atoms with van der Waals surface area (Å²) < 4.78 is 6.80. The van der Waals surface area contributed by atoms with E-state index >= 15 is 0 Å². The lowest BCUT2D eigenvalue weighted by molar-refractivity contribution is 0.0635. The summed E-state index contributed by atoms with van der Waals surface area (Å²) in [5.74, 6) is -0.113. The van der Waals surface area contributed by atoms with Crippen molar-refractivity contribution in [3.05, 3.63) is 42.2 Å². The number of anilines is 1. The van der Waals surface area contributed by atoms with Gasteiger partial charge in [-0.25, -0.2) is 9.48 Å². The van der Waals surface area contributed by atoms with Crippen molar-refractivity contribution in [2.45, 2.75) is 33.3 Å². The summed E-state index contributed by atoms with van der Waals surface area (Å²) >= 11 is 0. The second-order valence-electron chi connectivity index (χ2n) is 5.87. The van der Waals surface area contributed by atoms with Crippen molar-refractivity contribution in [2.24, 2.45) is 0 Å². The molecule has 1 amide bonds. The summed E-state index contributed by atoms with van der Waals surface area (Å²) in [5, 5.41) is 6.74. The lowest BCUT2D eigenvalue weighted by Crippen LogP contribution is -2.27. The van der Waals surface area contributed by atoms with E-state index in [1.165, 1.54) is 6.92 Å². The molecule has 6 nitrogen and oxygen atoms in total. The monoisotopic (exact) mass is 301 g/mol. The summed E-state index contributed by atoms with van der Waals surface area (Å²) in [5.41, 5.74) is 1.04. The predicted molar refractivity (Wildman–Crippen MR) is 83.4 cm³/mol. The second kappa shape index (κ2) is 6.01. The maximum absolute atomic E-state index is 11.8. The maximum Gasteiger partial charge on any atom is 0.412 e. The van der Waals surface area contributed by atoms with E-state index in [1.54, 1.807) is 62.1 Å². The second-order valence-corrected chi connectivity index (χ2v) is 5.87. The minimum atomic E-state index is -0.581. The van der Waals surface area contributed by atoms with Crippen LogP contribution in [0, 0.1) is 0 Å². The molecule has 1 heterocycles. The van der Waals surface area contributed by atoms with Crippen molar-refractivity contribution >= 4 is 17.6 Å². The summed E-state index contributed by atoms with van der Waals surface area (Å²) in [7, 11) is 0. The molecule has 0 fully saturated rings. The molecule has 0 radical (unpaired) electrons. The zero-order chi connectivity index (χ0) is 16.3. The average molecular weight is 301 g/mol. The summed E-state index contributed by atoms with van der Waals surface area (Å²) in [4.78, 5) is 23.6. The molecule has 116 valence electrons. The fourth-order valence-electron chi connectivity index (χ4n) is 1.93. The third-order valence-electron chi connectivity index (χ3n) is 2.77. The number of Topliss-reactive ketones (excluding diaryl/α,β-unsaturated/α-hetero) is 1. The van der Waals surface area contributed by atoms with Crippen LogP contribution in [0.4, 0.5) is 10.5 Å². The van der Waals surface area contributed by atoms with Gasteiger partial charge in [0.05, 0.1) is 5.69 Å². The van der Waals surface area contributed by atoms with Crippen LogP contribution >= 0.6 is 0 Å². The van der Waals surface area contributed by atoms with Gasteiger partial charge in [-0.3, -0.25) is 10.1 Å². The fraction of sp³-hybridized carbons (Fsp3) is 0.312. The highest BCUT2D eigenvalue weighted by Gasteiger charge is 2.17. The number of carbonyl (C=O) groups excluding carboxylic acids is 2. The number of amides is 1. The number of hydrogen-bond acceptors (Lipinski definition) is 4. The molecule has 0 atom stereocenters. The Morgan fingerprint density at radius 2 is 2.00 bits per heavy atom. The molecule has 0 aliphatic rings. The van der Waals surface area contributed by atoms with Crippen LogP contribution in [0.2, 0.25) is 0 Å². The van der Waals surface area contributed by atoms with Crippen molar-refractivity contribution in [3.8, 4) is 5.69 Å². The third kappa shape index (κ3) is 3.94. The van der Waals surface area contributed by atoms with E-state index in [9.17, 15) is 9.59 Å². The van der Waals surface area contributed by atoms with E-state index in [2.05, 4.69) is 10.4 Å². The number of aromatic nitrogens is 2. The smallest absolute Gasteiger partial charge is 0.412 e. The minimum Gasteiger partial charge on any atom is -0.444 e. The Balaban J connectivity index is 2.27. The van der Waals surface area contributed by atoms with E-state index in [1.807, 2.05) is 0 Å². The summed E-state index contributed by atoms with van der Waals surface area (Å²) in [6.07, 6.45) is 2.83. The number of benzene rings is 1. The first-order chi connectivity index (χ1) is 10.3. The number of carbonyl (C=O) groups is 2. The number of ketones is 1. The Morgan fingerprint density at radius 1 is 1.27 bits per heavy atom. The van der Waals surface area contributed by atoms with E-state index in [4.69, 9.17) is 4.74 Å². The van der Waals surface area contributed by atoms with Crippen LogP contribution in [0.5, 0.6) is 0 Å². The molecule has 0 saturated heterocycles. The van der Waals surface area contributed by atoms with Gasteiger partial charge in [0.15, 0.2) is 5.78 Å². The number of nitrogens with zero attached hydrogens (tertiary/aromatic N) is 2. The number of rotatable bonds is 3. The van der Waals surface area contributed by atoms with Gasteiger partial charge < -0.3 is 4.74 Å². The number of nitrogens with one attached hydrogen (secondary N) is 1. The first-order valence-electron chi connectivity index (χ1n) is 6.91. The van der Waals surface area contributed by atoms with Gasteiger partial charge in [0.1, 0.15) is 5.60 Å². The largest absolute Gasteiger partial charge is 0.444 e. The van der Waals surface area contributed by atoms with E-state index in [0.717, 1.165) is 0 Å². The van der Waals surface area contributed by atoms with Gasteiger partial charge in [-0.15, -0.1) is 0 Å². The third-order valence-corrected chi connectivity index (χ3v) is 2.77. The van der Waals surface area contributed by atoms with Gasteiger partial charge in [-0.2, -0.15) is 5.10 Å². The normalized spacial score (nSPS) is 11.1. The average Bonchev–Trinajstić information content (AvgIpc) is 2.89. The Morgan fingerprint density at radius 3 is 2.55 bits per heavy atom. The highest BCUT2D eigenvalue weighted by Crippen LogP contribution is 2.20. The van der Waals surface area contributed by atoms with Crippen LogP contribution in [0.25, 0.3) is 5.69 Å². The van der Waals surface area contributed by atoms with E-state index in [0.29, 0.717) is 16.9 Å². The van der Waals surface area contributed by atoms with Crippen molar-refractivity contribution in [1.82, 2.24) is 9.78 Å². The molecule has 0 aliphatic carbocycles. The molecule has 0 saturated carbocycles. The van der Waals surface area contributed by atoms with Crippen LogP contribution in [0.15, 0.2) is 36.7 Å². The maximum atomic E-state index is 11.8. The minimum absolute atomic E-state index is 0.113. The van der Waals surface area contributed by atoms with Gasteiger partial charge in [-0.05, 0) is 52.0 Å². The molecule has 1 aromatic heterocycles. The van der Waals surface area contributed by atoms with Crippen molar-refractivity contribution < 1.29 is 14.3 Å². The van der Waals surface area contributed by atoms with Gasteiger partial charge in [0, 0.05) is 23.6 Å². The Hall–Kier alpha value is -2.63. The summed E-state index contributed by atoms with van der Waals surface area (Å²) in [6, 6.07) is 6.82. The molecule has 0 aliphatic heterocycles. The van der Waals surface area contributed by atoms with Gasteiger partial charge in [-0.1, -0.05) is 0 Å². The molecule has 6 heteroatoms. The molecule has 22 heavy (non-hydrogen) atoms. The molecule has 0 spiro atoms. The van der Waals surface area contributed by atoms with Crippen molar-refractivity contribution in [2.75, 3.05) is 5.32 Å². The zero-order valence-corrected chi connectivity index (χ0v) is 13.1. The molecule has 0 unspecified atom stereocenters. The van der Waals surface area contributed by atoms with Gasteiger partial charge in [0.2, 0.25) is 0 Å². The van der Waals surface area contributed by atoms with E-state index < -0.39 is 11.7 Å². The molecular weight excluding hydrogens is 282 g/mol. The Labute approximate surface area is 129 Å². The standard InChI is InChI=1S/C16H19N3O3/c1-11(20)13-10-12(18-15(21)22-16(2,3)4)6-7-14(13)19-9-5-8-17-19/h5-10H,1-4H3,(H,18,21). The molecule has 1 aromatic carbocycles. The van der Waals surface area contributed by atoms with Gasteiger partial charge in [0.25, 0.3) is 0 Å². The zero-order valence-electron chi connectivity index (χ0n) is 13.1. The SMILES string of the molecule is CC(=O)c1cc(NC(=O)OC(C)(C)C)ccc1-n1cccn1.